The van der Waals surface area contributed by atoms with Crippen molar-refractivity contribution in [3.8, 4) is 22.6 Å². The molecule has 136 valence electrons. The number of fused-ring (bicyclic) bond motifs is 3. The monoisotopic (exact) mass is 370 g/mol. The first-order valence-corrected chi connectivity index (χ1v) is 8.88. The number of nitrogens with one attached hydrogen (secondary N) is 1. The van der Waals surface area contributed by atoms with Crippen molar-refractivity contribution in [2.75, 3.05) is 5.32 Å². The summed E-state index contributed by atoms with van der Waals surface area (Å²) in [7, 11) is 0. The molecular weight excluding hydrogens is 355 g/mol. The molecular formula is C22H15FN4O. The molecule has 0 aliphatic carbocycles. The first kappa shape index (κ1) is 16.4. The molecule has 0 saturated carbocycles. The minimum Gasteiger partial charge on any atom is -0.359 e. The van der Waals surface area contributed by atoms with Crippen molar-refractivity contribution in [3.05, 3.63) is 101 Å². The van der Waals surface area contributed by atoms with Gasteiger partial charge in [0.1, 0.15) is 12.0 Å². The maximum atomic E-state index is 13.4. The lowest BCUT2D eigenvalue weighted by Crippen LogP contribution is -2.32. The van der Waals surface area contributed by atoms with Crippen LogP contribution in [-0.4, -0.2) is 14.8 Å². The van der Waals surface area contributed by atoms with Crippen molar-refractivity contribution in [2.45, 2.75) is 6.17 Å². The lowest BCUT2D eigenvalue weighted by molar-refractivity contribution is 0.547. The molecule has 2 heterocycles. The van der Waals surface area contributed by atoms with Crippen molar-refractivity contribution in [3.63, 3.8) is 0 Å². The highest BCUT2D eigenvalue weighted by atomic mass is 19.1. The van der Waals surface area contributed by atoms with Gasteiger partial charge >= 0.3 is 0 Å². The normalized spacial score (nSPS) is 14.7. The summed E-state index contributed by atoms with van der Waals surface area (Å²) in [4.78, 5) is 17.1. The van der Waals surface area contributed by atoms with Gasteiger partial charge in [0.25, 0.3) is 5.56 Å². The predicted octanol–water partition coefficient (Wildman–Crippen LogP) is 4.08. The van der Waals surface area contributed by atoms with Crippen LogP contribution in [0.15, 0.2) is 83.7 Å². The number of hydrogen-bond acceptors (Lipinski definition) is 4. The Labute approximate surface area is 160 Å². The summed E-state index contributed by atoms with van der Waals surface area (Å²) in [5.41, 5.74) is 3.05. The fourth-order valence-corrected chi connectivity index (χ4v) is 3.42. The number of para-hydroxylation sites is 1. The quantitative estimate of drug-likeness (QED) is 0.578. The van der Waals surface area contributed by atoms with Crippen LogP contribution in [0.4, 0.5) is 10.1 Å². The molecule has 1 aliphatic rings. The third-order valence-electron chi connectivity index (χ3n) is 4.77. The Kier molecular flexibility index (Phi) is 3.76. The van der Waals surface area contributed by atoms with Crippen molar-refractivity contribution in [1.82, 2.24) is 14.8 Å². The van der Waals surface area contributed by atoms with Crippen LogP contribution in [0, 0.1) is 5.82 Å². The van der Waals surface area contributed by atoms with Crippen molar-refractivity contribution < 1.29 is 4.39 Å². The van der Waals surface area contributed by atoms with Crippen LogP contribution in [0.1, 0.15) is 11.7 Å². The van der Waals surface area contributed by atoms with Crippen LogP contribution < -0.4 is 10.9 Å². The minimum atomic E-state index is -0.416. The highest BCUT2D eigenvalue weighted by Gasteiger charge is 2.27. The molecule has 4 aromatic rings. The fraction of sp³-hybridized carbons (Fsp3) is 0.0455. The number of benzene rings is 3. The molecule has 3 aromatic carbocycles. The average Bonchev–Trinajstić information content (AvgIpc) is 2.74. The SMILES string of the molecule is O=c1nc2n(nc1-c1ccccc1)[C@@H](c1ccc(F)cc1)Nc1ccccc1-2. The number of anilines is 1. The second kappa shape index (κ2) is 6.42. The zero-order valence-electron chi connectivity index (χ0n) is 14.7. The molecule has 28 heavy (non-hydrogen) atoms. The van der Waals surface area contributed by atoms with Crippen LogP contribution >= 0.6 is 0 Å². The Bertz CT molecular complexity index is 1220. The van der Waals surface area contributed by atoms with Crippen LogP contribution in [-0.2, 0) is 0 Å². The molecule has 0 unspecified atom stereocenters. The van der Waals surface area contributed by atoms with Crippen LogP contribution in [0.3, 0.4) is 0 Å². The van der Waals surface area contributed by atoms with E-state index in [-0.39, 0.29) is 17.1 Å². The zero-order valence-corrected chi connectivity index (χ0v) is 14.7. The molecule has 0 amide bonds. The summed E-state index contributed by atoms with van der Waals surface area (Å²) in [6.45, 7) is 0. The summed E-state index contributed by atoms with van der Waals surface area (Å²) < 4.78 is 15.1. The number of aromatic nitrogens is 3. The lowest BCUT2D eigenvalue weighted by atomic mass is 10.1. The van der Waals surface area contributed by atoms with E-state index >= 15 is 0 Å². The van der Waals surface area contributed by atoms with Gasteiger partial charge in [0, 0.05) is 16.8 Å². The van der Waals surface area contributed by atoms with Gasteiger partial charge < -0.3 is 5.32 Å². The zero-order chi connectivity index (χ0) is 19.1. The van der Waals surface area contributed by atoms with Crippen molar-refractivity contribution in [2.24, 2.45) is 0 Å². The number of nitrogens with zero attached hydrogens (tertiary/aromatic N) is 3. The van der Waals surface area contributed by atoms with Gasteiger partial charge in [-0.15, -0.1) is 0 Å². The Hall–Kier alpha value is -3.80. The summed E-state index contributed by atoms with van der Waals surface area (Å²) in [5.74, 6) is 0.171. The van der Waals surface area contributed by atoms with Gasteiger partial charge in [-0.05, 0) is 29.8 Å². The molecule has 0 fully saturated rings. The topological polar surface area (TPSA) is 59.8 Å². The van der Waals surface area contributed by atoms with Gasteiger partial charge in [0.2, 0.25) is 0 Å². The van der Waals surface area contributed by atoms with E-state index in [1.54, 1.807) is 16.8 Å². The molecule has 5 nitrogen and oxygen atoms in total. The van der Waals surface area contributed by atoms with E-state index in [1.165, 1.54) is 12.1 Å². The first-order valence-electron chi connectivity index (χ1n) is 8.88. The molecule has 1 atom stereocenters. The third-order valence-corrected chi connectivity index (χ3v) is 4.77. The van der Waals surface area contributed by atoms with E-state index in [1.807, 2.05) is 54.6 Å². The van der Waals surface area contributed by atoms with E-state index in [2.05, 4.69) is 15.4 Å². The maximum absolute atomic E-state index is 13.4. The highest BCUT2D eigenvalue weighted by Crippen LogP contribution is 2.36. The molecule has 6 heteroatoms. The number of hydrogen-bond donors (Lipinski definition) is 1. The smallest absolute Gasteiger partial charge is 0.300 e. The molecule has 1 aromatic heterocycles. The Morgan fingerprint density at radius 3 is 2.39 bits per heavy atom. The van der Waals surface area contributed by atoms with E-state index in [4.69, 9.17) is 0 Å². The Morgan fingerprint density at radius 1 is 0.893 bits per heavy atom. The second-order valence-corrected chi connectivity index (χ2v) is 6.54. The van der Waals surface area contributed by atoms with Gasteiger partial charge in [-0.2, -0.15) is 10.1 Å². The number of rotatable bonds is 2. The van der Waals surface area contributed by atoms with E-state index < -0.39 is 6.17 Å². The Morgan fingerprint density at radius 2 is 1.61 bits per heavy atom. The van der Waals surface area contributed by atoms with Crippen LogP contribution in [0.2, 0.25) is 0 Å². The standard InChI is InChI=1S/C22H15FN4O/c23-16-12-10-15(11-13-16)20-24-18-9-5-4-8-17(18)21-25-22(28)19(26-27(20)21)14-6-2-1-3-7-14/h1-13,20,24H/t20-/m0/s1. The highest BCUT2D eigenvalue weighted by molar-refractivity contribution is 5.76. The molecule has 0 spiro atoms. The summed E-state index contributed by atoms with van der Waals surface area (Å²) >= 11 is 0. The lowest BCUT2D eigenvalue weighted by Gasteiger charge is -2.30. The minimum absolute atomic E-state index is 0.276. The summed E-state index contributed by atoms with van der Waals surface area (Å²) in [5, 5.41) is 8.07. The molecule has 1 aliphatic heterocycles. The first-order chi connectivity index (χ1) is 13.7. The van der Waals surface area contributed by atoms with Gasteiger partial charge in [-0.3, -0.25) is 4.79 Å². The Balaban J connectivity index is 1.76. The number of halogens is 1. The predicted molar refractivity (Wildman–Crippen MR) is 105 cm³/mol. The molecule has 0 saturated heterocycles. The van der Waals surface area contributed by atoms with Gasteiger partial charge in [0.15, 0.2) is 11.5 Å². The van der Waals surface area contributed by atoms with Crippen molar-refractivity contribution in [1.29, 1.82) is 0 Å². The van der Waals surface area contributed by atoms with Crippen LogP contribution in [0.25, 0.3) is 22.6 Å². The van der Waals surface area contributed by atoms with E-state index in [0.717, 1.165) is 16.8 Å². The van der Waals surface area contributed by atoms with E-state index in [0.29, 0.717) is 11.4 Å². The molecule has 1 N–H and O–H groups in total. The van der Waals surface area contributed by atoms with Gasteiger partial charge in [0.05, 0.1) is 0 Å². The average molecular weight is 370 g/mol. The molecule has 5 rings (SSSR count). The van der Waals surface area contributed by atoms with Gasteiger partial charge in [-0.1, -0.05) is 54.6 Å². The maximum Gasteiger partial charge on any atom is 0.300 e. The molecule has 0 radical (unpaired) electrons. The summed E-state index contributed by atoms with van der Waals surface area (Å²) in [6, 6.07) is 23.1. The van der Waals surface area contributed by atoms with E-state index in [9.17, 15) is 9.18 Å². The van der Waals surface area contributed by atoms with Gasteiger partial charge in [-0.25, -0.2) is 9.07 Å². The fourth-order valence-electron chi connectivity index (χ4n) is 3.42. The summed E-state index contributed by atoms with van der Waals surface area (Å²) in [6.07, 6.45) is -0.416. The second-order valence-electron chi connectivity index (χ2n) is 6.54. The molecule has 0 bridgehead atoms. The van der Waals surface area contributed by atoms with Crippen LogP contribution in [0.5, 0.6) is 0 Å². The third kappa shape index (κ3) is 2.66. The van der Waals surface area contributed by atoms with Crippen molar-refractivity contribution >= 4 is 5.69 Å². The largest absolute Gasteiger partial charge is 0.359 e.